The first-order chi connectivity index (χ1) is 18.6. The quantitative estimate of drug-likeness (QED) is 0.184. The van der Waals surface area contributed by atoms with Crippen LogP contribution >= 0.6 is 11.3 Å². The molecule has 4 aromatic heterocycles. The van der Waals surface area contributed by atoms with E-state index in [2.05, 4.69) is 39.2 Å². The predicted molar refractivity (Wildman–Crippen MR) is 137 cm³/mol. The molecule has 0 N–H and O–H groups in total. The monoisotopic (exact) mass is 642 g/mol. The van der Waals surface area contributed by atoms with Crippen molar-refractivity contribution in [1.82, 2.24) is 15.0 Å². The number of fused-ring (bicyclic) bond motifs is 3. The fourth-order valence-corrected chi connectivity index (χ4v) is 4.44. The maximum Gasteiger partial charge on any atom is 0.0515 e. The third kappa shape index (κ3) is 5.28. The minimum Gasteiger partial charge on any atom is -0.317 e. The third-order valence-corrected chi connectivity index (χ3v) is 6.07. The largest absolute Gasteiger partial charge is 0.317 e. The van der Waals surface area contributed by atoms with Crippen LogP contribution in [0.15, 0.2) is 91.3 Å². The van der Waals surface area contributed by atoms with Crippen LogP contribution in [0.1, 0.15) is 19.5 Å². The summed E-state index contributed by atoms with van der Waals surface area (Å²) in [6.07, 6.45) is 3.20. The Morgan fingerprint density at radius 1 is 0.765 bits per heavy atom. The van der Waals surface area contributed by atoms with E-state index >= 15 is 0 Å². The van der Waals surface area contributed by atoms with E-state index in [9.17, 15) is 0 Å². The van der Waals surface area contributed by atoms with Crippen LogP contribution in [-0.4, -0.2) is 15.0 Å². The van der Waals surface area contributed by atoms with E-state index in [0.717, 1.165) is 21.3 Å². The molecule has 0 bridgehead atoms. The molecule has 1 radical (unpaired) electrons. The summed E-state index contributed by atoms with van der Waals surface area (Å²) >= 11 is 1.69. The number of nitrogens with zero attached hydrogens (tertiary/aromatic N) is 3. The van der Waals surface area contributed by atoms with Crippen molar-refractivity contribution in [2.45, 2.75) is 13.7 Å². The van der Waals surface area contributed by atoms with Gasteiger partial charge in [-0.1, -0.05) is 36.4 Å². The van der Waals surface area contributed by atoms with Crippen molar-refractivity contribution in [3.8, 4) is 22.6 Å². The molecule has 2 aromatic carbocycles. The van der Waals surface area contributed by atoms with Crippen molar-refractivity contribution < 1.29 is 28.3 Å². The fourth-order valence-electron chi connectivity index (χ4n) is 3.39. The van der Waals surface area contributed by atoms with Gasteiger partial charge in [0.05, 0.1) is 4.70 Å². The summed E-state index contributed by atoms with van der Waals surface area (Å²) < 4.78 is 46.5. The molecule has 0 aliphatic rings. The summed E-state index contributed by atoms with van der Waals surface area (Å²) in [4.78, 5) is 12.8. The molecule has 3 nitrogen and oxygen atoms in total. The van der Waals surface area contributed by atoms with Crippen molar-refractivity contribution >= 4 is 31.5 Å². The van der Waals surface area contributed by atoms with Gasteiger partial charge in [-0.2, -0.15) is 12.1 Å². The average molecular weight is 642 g/mol. The molecule has 0 unspecified atom stereocenters. The van der Waals surface area contributed by atoms with Gasteiger partial charge in [-0.05, 0) is 58.9 Å². The van der Waals surface area contributed by atoms with E-state index in [1.54, 1.807) is 35.6 Å². The summed E-state index contributed by atoms with van der Waals surface area (Å²) in [7, 11) is 0. The minimum atomic E-state index is -2.23. The van der Waals surface area contributed by atoms with Gasteiger partial charge in [0.2, 0.25) is 0 Å². The molecule has 0 fully saturated rings. The Labute approximate surface area is 225 Å². The second-order valence-corrected chi connectivity index (χ2v) is 8.28. The van der Waals surface area contributed by atoms with Crippen LogP contribution in [0.2, 0.25) is 0 Å². The van der Waals surface area contributed by atoms with Crippen LogP contribution in [0.3, 0.4) is 0 Å². The zero-order chi connectivity index (χ0) is 27.6. The van der Waals surface area contributed by atoms with Gasteiger partial charge >= 0.3 is 0 Å². The molecule has 0 atom stereocenters. The van der Waals surface area contributed by atoms with Crippen LogP contribution in [-0.2, 0) is 20.1 Å². The number of hydrogen-bond donors (Lipinski definition) is 0. The number of aryl methyl sites for hydroxylation is 2. The Hall–Kier alpha value is -3.24. The Bertz CT molecular complexity index is 1730. The van der Waals surface area contributed by atoms with Crippen molar-refractivity contribution in [3.05, 3.63) is 115 Å². The third-order valence-electron chi connectivity index (χ3n) is 4.95. The van der Waals surface area contributed by atoms with Crippen LogP contribution in [0.25, 0.3) is 42.8 Å². The molecule has 4 heterocycles. The fraction of sp³-hybridized carbons (Fsp3) is 0.0690. The summed E-state index contributed by atoms with van der Waals surface area (Å²) in [5.74, 6) is 0. The SMILES string of the molecule is [2H]C([2H])([2H])c1cc[c-]c(-c2cc3c(cn2)sc2ccccc23)n1.[2H]C([2H])([2H])c1ccc(-c2[c-]cccc2)nc1.[Ir]. The zero-order valence-corrected chi connectivity index (χ0v) is 21.0. The normalized spacial score (nSPS) is 13.8. The van der Waals surface area contributed by atoms with Crippen molar-refractivity contribution in [2.24, 2.45) is 0 Å². The summed E-state index contributed by atoms with van der Waals surface area (Å²) in [5.41, 5.74) is 2.99. The standard InChI is InChI=1S/C17H11N2S.C12H10N.Ir/c1-11-5-4-7-14(19-11)15-9-13-12-6-2-3-8-16(12)20-17(13)10-18-15;1-10-7-8-12(13-9-10)11-5-3-2-4-6-11;/h2-6,8-10H,1H3;2-5,7-9H,1H3;/q2*-1;/i2*1D3;. The molecule has 5 heteroatoms. The molecular formula is C29H21IrN3S-2. The van der Waals surface area contributed by atoms with Crippen LogP contribution in [0.5, 0.6) is 0 Å². The molecule has 169 valence electrons. The van der Waals surface area contributed by atoms with E-state index in [1.165, 1.54) is 22.3 Å². The van der Waals surface area contributed by atoms with Gasteiger partial charge < -0.3 is 9.97 Å². The first-order valence-electron chi connectivity index (χ1n) is 13.2. The van der Waals surface area contributed by atoms with E-state index in [4.69, 9.17) is 8.22 Å². The van der Waals surface area contributed by atoms with Gasteiger partial charge in [0.15, 0.2) is 0 Å². The van der Waals surface area contributed by atoms with Crippen molar-refractivity contribution in [2.75, 3.05) is 0 Å². The second-order valence-electron chi connectivity index (χ2n) is 7.20. The van der Waals surface area contributed by atoms with Crippen molar-refractivity contribution in [1.29, 1.82) is 0 Å². The number of aromatic nitrogens is 3. The van der Waals surface area contributed by atoms with Gasteiger partial charge in [-0.3, -0.25) is 4.98 Å². The molecule has 0 aliphatic heterocycles. The zero-order valence-electron chi connectivity index (χ0n) is 23.7. The topological polar surface area (TPSA) is 38.7 Å². The predicted octanol–water partition coefficient (Wildman–Crippen LogP) is 7.47. The number of rotatable bonds is 2. The maximum atomic E-state index is 7.48. The van der Waals surface area contributed by atoms with Crippen LogP contribution < -0.4 is 0 Å². The number of pyridine rings is 3. The Kier molecular flexibility index (Phi) is 5.47. The van der Waals surface area contributed by atoms with Crippen LogP contribution in [0.4, 0.5) is 0 Å². The average Bonchev–Trinajstić information content (AvgIpc) is 3.31. The Balaban J connectivity index is 0.000000192. The molecule has 0 aliphatic carbocycles. The number of hydrogen-bond acceptors (Lipinski definition) is 4. The van der Waals surface area contributed by atoms with Gasteiger partial charge in [0, 0.05) is 45.4 Å². The summed E-state index contributed by atoms with van der Waals surface area (Å²) in [6, 6.07) is 29.9. The molecule has 0 saturated carbocycles. The van der Waals surface area contributed by atoms with Gasteiger partial charge in [0.25, 0.3) is 0 Å². The van der Waals surface area contributed by atoms with Gasteiger partial charge in [-0.25, -0.2) is 0 Å². The second kappa shape index (κ2) is 10.8. The van der Waals surface area contributed by atoms with Gasteiger partial charge in [0.1, 0.15) is 0 Å². The minimum absolute atomic E-state index is 0. The molecule has 6 rings (SSSR count). The number of thiophene rings is 1. The maximum absolute atomic E-state index is 7.48. The molecule has 0 saturated heterocycles. The summed E-state index contributed by atoms with van der Waals surface area (Å²) in [6.45, 7) is -4.32. The molecule has 6 aromatic rings. The molecule has 0 spiro atoms. The van der Waals surface area contributed by atoms with E-state index in [1.807, 2.05) is 42.6 Å². The van der Waals surface area contributed by atoms with Crippen LogP contribution in [0, 0.1) is 25.8 Å². The molecule has 34 heavy (non-hydrogen) atoms. The van der Waals surface area contributed by atoms with E-state index < -0.39 is 13.7 Å². The van der Waals surface area contributed by atoms with E-state index in [-0.39, 0.29) is 31.4 Å². The first-order valence-corrected chi connectivity index (χ1v) is 11.0. The van der Waals surface area contributed by atoms with Crippen molar-refractivity contribution in [3.63, 3.8) is 0 Å². The number of benzene rings is 2. The first kappa shape index (κ1) is 17.2. The Morgan fingerprint density at radius 3 is 2.44 bits per heavy atom. The van der Waals surface area contributed by atoms with Gasteiger partial charge in [-0.15, -0.1) is 53.3 Å². The Morgan fingerprint density at radius 2 is 1.65 bits per heavy atom. The smallest absolute Gasteiger partial charge is 0.0515 e. The molecular weight excluding hydrogens is 615 g/mol. The van der Waals surface area contributed by atoms with E-state index in [0.29, 0.717) is 11.4 Å². The summed E-state index contributed by atoms with van der Waals surface area (Å²) in [5, 5.41) is 2.27. The molecule has 0 amide bonds.